The lowest BCUT2D eigenvalue weighted by Gasteiger charge is -2.13. The Kier molecular flexibility index (Phi) is 7.94. The number of amides is 1. The number of nitrogens with zero attached hydrogens (tertiary/aromatic N) is 1. The molecule has 30 heavy (non-hydrogen) atoms. The first kappa shape index (κ1) is 21.9. The van der Waals surface area contributed by atoms with Crippen LogP contribution >= 0.6 is 0 Å². The molecule has 0 aliphatic carbocycles. The quantitative estimate of drug-likeness (QED) is 0.511. The zero-order chi connectivity index (χ0) is 21.3. The number of pyridine rings is 1. The predicted molar refractivity (Wildman–Crippen MR) is 119 cm³/mol. The van der Waals surface area contributed by atoms with Crippen molar-refractivity contribution < 1.29 is 14.3 Å². The molecule has 0 bridgehead atoms. The minimum absolute atomic E-state index is 0.00310. The number of rotatable bonds is 10. The maximum Gasteiger partial charge on any atom is 0.224 e. The molecule has 3 rings (SSSR count). The Morgan fingerprint density at radius 3 is 2.60 bits per heavy atom. The van der Waals surface area contributed by atoms with Gasteiger partial charge in [0.25, 0.3) is 0 Å². The van der Waals surface area contributed by atoms with E-state index in [2.05, 4.69) is 29.4 Å². The molecule has 0 spiro atoms. The molecule has 5 heteroatoms. The molecule has 5 nitrogen and oxygen atoms in total. The Hall–Kier alpha value is -2.76. The molecule has 0 aliphatic rings. The summed E-state index contributed by atoms with van der Waals surface area (Å²) in [7, 11) is 0. The van der Waals surface area contributed by atoms with Crippen molar-refractivity contribution in [3.05, 3.63) is 76.5 Å². The van der Waals surface area contributed by atoms with E-state index in [1.54, 1.807) is 0 Å². The minimum Gasteiger partial charge on any atom is -0.379 e. The van der Waals surface area contributed by atoms with E-state index in [4.69, 9.17) is 9.47 Å². The van der Waals surface area contributed by atoms with Crippen molar-refractivity contribution in [3.8, 4) is 0 Å². The van der Waals surface area contributed by atoms with Crippen LogP contribution in [0, 0.1) is 13.8 Å². The van der Waals surface area contributed by atoms with E-state index in [0.717, 1.165) is 38.9 Å². The number of para-hydroxylation sites is 1. The summed E-state index contributed by atoms with van der Waals surface area (Å²) in [4.78, 5) is 17.3. The number of benzene rings is 2. The van der Waals surface area contributed by atoms with Gasteiger partial charge in [0.1, 0.15) is 0 Å². The van der Waals surface area contributed by atoms with Crippen molar-refractivity contribution in [2.45, 2.75) is 40.3 Å². The van der Waals surface area contributed by atoms with Crippen molar-refractivity contribution in [1.82, 2.24) is 10.3 Å². The molecule has 0 saturated carbocycles. The van der Waals surface area contributed by atoms with Crippen LogP contribution in [0.15, 0.2) is 48.5 Å². The Bertz CT molecular complexity index is 1000. The normalized spacial score (nSPS) is 11.0. The standard InChI is InChI=1S/C25H30N2O3/c1-4-29-12-13-30-17-21-9-7-8-20(14-21)16-26-25(28)15-23-18(2)22-10-5-6-11-24(22)27-19(23)3/h5-11,14H,4,12-13,15-17H2,1-3H3,(H,26,28). The number of aromatic nitrogens is 1. The number of fused-ring (bicyclic) bond motifs is 1. The van der Waals surface area contributed by atoms with Crippen LogP contribution in [0.25, 0.3) is 10.9 Å². The van der Waals surface area contributed by atoms with Crippen LogP contribution in [0.4, 0.5) is 0 Å². The number of hydrogen-bond donors (Lipinski definition) is 1. The third kappa shape index (κ3) is 5.88. The topological polar surface area (TPSA) is 60.5 Å². The van der Waals surface area contributed by atoms with Gasteiger partial charge in [-0.2, -0.15) is 0 Å². The van der Waals surface area contributed by atoms with Crippen molar-refractivity contribution in [1.29, 1.82) is 0 Å². The second-order valence-electron chi connectivity index (χ2n) is 7.34. The Labute approximate surface area is 178 Å². The Morgan fingerprint density at radius 2 is 1.77 bits per heavy atom. The van der Waals surface area contributed by atoms with Crippen LogP contribution in [0.1, 0.15) is 34.9 Å². The van der Waals surface area contributed by atoms with Gasteiger partial charge in [0, 0.05) is 24.2 Å². The minimum atomic E-state index is -0.00310. The monoisotopic (exact) mass is 406 g/mol. The number of aryl methyl sites for hydroxylation is 2. The summed E-state index contributed by atoms with van der Waals surface area (Å²) < 4.78 is 10.9. The lowest BCUT2D eigenvalue weighted by Crippen LogP contribution is -2.25. The first-order valence-electron chi connectivity index (χ1n) is 10.4. The van der Waals surface area contributed by atoms with Gasteiger partial charge in [-0.25, -0.2) is 0 Å². The van der Waals surface area contributed by atoms with E-state index in [9.17, 15) is 4.79 Å². The number of carbonyl (C=O) groups excluding carboxylic acids is 1. The summed E-state index contributed by atoms with van der Waals surface area (Å²) in [6, 6.07) is 16.1. The molecule has 1 aromatic heterocycles. The fourth-order valence-corrected chi connectivity index (χ4v) is 3.54. The maximum atomic E-state index is 12.6. The molecule has 3 aromatic rings. The molecule has 0 unspecified atom stereocenters. The molecule has 0 fully saturated rings. The highest BCUT2D eigenvalue weighted by atomic mass is 16.5. The first-order valence-corrected chi connectivity index (χ1v) is 10.4. The second-order valence-corrected chi connectivity index (χ2v) is 7.34. The Morgan fingerprint density at radius 1 is 1.00 bits per heavy atom. The molecule has 1 heterocycles. The van der Waals surface area contributed by atoms with Gasteiger partial charge in [0.2, 0.25) is 5.91 Å². The van der Waals surface area contributed by atoms with Crippen molar-refractivity contribution in [2.24, 2.45) is 0 Å². The molecule has 0 atom stereocenters. The third-order valence-electron chi connectivity index (χ3n) is 5.15. The summed E-state index contributed by atoms with van der Waals surface area (Å²) in [5, 5.41) is 4.13. The van der Waals surface area contributed by atoms with Gasteiger partial charge in [0.05, 0.1) is 31.8 Å². The van der Waals surface area contributed by atoms with Crippen LogP contribution in [0.3, 0.4) is 0 Å². The number of hydrogen-bond acceptors (Lipinski definition) is 4. The average molecular weight is 407 g/mol. The van der Waals surface area contributed by atoms with Gasteiger partial charge >= 0.3 is 0 Å². The van der Waals surface area contributed by atoms with Crippen molar-refractivity contribution in [3.63, 3.8) is 0 Å². The molecule has 2 aromatic carbocycles. The molecule has 0 aliphatic heterocycles. The Balaban J connectivity index is 1.56. The highest BCUT2D eigenvalue weighted by molar-refractivity contribution is 5.86. The number of ether oxygens (including phenoxy) is 2. The molecule has 1 N–H and O–H groups in total. The van der Waals surface area contributed by atoms with Crippen molar-refractivity contribution in [2.75, 3.05) is 19.8 Å². The molecule has 1 amide bonds. The summed E-state index contributed by atoms with van der Waals surface area (Å²) >= 11 is 0. The summed E-state index contributed by atoms with van der Waals surface area (Å²) in [5.41, 5.74) is 6.15. The summed E-state index contributed by atoms with van der Waals surface area (Å²) in [5.74, 6) is -0.00310. The molecule has 158 valence electrons. The van der Waals surface area contributed by atoms with Crippen LogP contribution < -0.4 is 5.32 Å². The van der Waals surface area contributed by atoms with Crippen molar-refractivity contribution >= 4 is 16.8 Å². The highest BCUT2D eigenvalue weighted by Crippen LogP contribution is 2.22. The lowest BCUT2D eigenvalue weighted by atomic mass is 9.99. The van der Waals surface area contributed by atoms with E-state index in [-0.39, 0.29) is 5.91 Å². The SMILES string of the molecule is CCOCCOCc1cccc(CNC(=O)Cc2c(C)nc3ccccc3c2C)c1. The van der Waals surface area contributed by atoms with Crippen LogP contribution in [0.5, 0.6) is 0 Å². The van der Waals surface area contributed by atoms with E-state index in [1.165, 1.54) is 0 Å². The van der Waals surface area contributed by atoms with Crippen LogP contribution in [0.2, 0.25) is 0 Å². The summed E-state index contributed by atoms with van der Waals surface area (Å²) in [6.07, 6.45) is 0.329. The second kappa shape index (κ2) is 10.9. The van der Waals surface area contributed by atoms with E-state index < -0.39 is 0 Å². The zero-order valence-corrected chi connectivity index (χ0v) is 18.0. The summed E-state index contributed by atoms with van der Waals surface area (Å²) in [6.45, 7) is 8.91. The van der Waals surface area contributed by atoms with Gasteiger partial charge in [-0.05, 0) is 49.1 Å². The largest absolute Gasteiger partial charge is 0.379 e. The fourth-order valence-electron chi connectivity index (χ4n) is 3.54. The highest BCUT2D eigenvalue weighted by Gasteiger charge is 2.13. The molecular weight excluding hydrogens is 376 g/mol. The van der Waals surface area contributed by atoms with Gasteiger partial charge in [-0.1, -0.05) is 42.5 Å². The van der Waals surface area contributed by atoms with E-state index in [0.29, 0.717) is 39.4 Å². The number of nitrogens with one attached hydrogen (secondary N) is 1. The van der Waals surface area contributed by atoms with E-state index in [1.807, 2.05) is 50.2 Å². The van der Waals surface area contributed by atoms with Crippen LogP contribution in [-0.2, 0) is 33.8 Å². The molecule has 0 radical (unpaired) electrons. The fraction of sp³-hybridized carbons (Fsp3) is 0.360. The number of carbonyl (C=O) groups is 1. The molecule has 0 saturated heterocycles. The predicted octanol–water partition coefficient (Wildman–Crippen LogP) is 4.26. The smallest absolute Gasteiger partial charge is 0.224 e. The van der Waals surface area contributed by atoms with E-state index >= 15 is 0 Å². The van der Waals surface area contributed by atoms with Gasteiger partial charge < -0.3 is 14.8 Å². The average Bonchev–Trinajstić information content (AvgIpc) is 2.75. The molecular formula is C25H30N2O3. The first-order chi connectivity index (χ1) is 14.6. The van der Waals surface area contributed by atoms with Gasteiger partial charge in [0.15, 0.2) is 0 Å². The third-order valence-corrected chi connectivity index (χ3v) is 5.15. The lowest BCUT2D eigenvalue weighted by molar-refractivity contribution is -0.120. The van der Waals surface area contributed by atoms with Crippen LogP contribution in [-0.4, -0.2) is 30.7 Å². The maximum absolute atomic E-state index is 12.6. The van der Waals surface area contributed by atoms with Gasteiger partial charge in [-0.3, -0.25) is 9.78 Å². The van der Waals surface area contributed by atoms with Gasteiger partial charge in [-0.15, -0.1) is 0 Å². The zero-order valence-electron chi connectivity index (χ0n) is 18.0.